The van der Waals surface area contributed by atoms with Crippen molar-refractivity contribution < 1.29 is 5.11 Å². The van der Waals surface area contributed by atoms with Gasteiger partial charge in [0.05, 0.1) is 5.60 Å². The highest BCUT2D eigenvalue weighted by Crippen LogP contribution is 2.33. The fourth-order valence-corrected chi connectivity index (χ4v) is 1.49. The summed E-state index contributed by atoms with van der Waals surface area (Å²) in [4.78, 5) is 15.9. The molecule has 0 amide bonds. The second-order valence-electron chi connectivity index (χ2n) is 4.89. The summed E-state index contributed by atoms with van der Waals surface area (Å²) >= 11 is 0. The van der Waals surface area contributed by atoms with Gasteiger partial charge in [0.1, 0.15) is 0 Å². The van der Waals surface area contributed by atoms with Crippen molar-refractivity contribution in [2.24, 2.45) is 0 Å². The van der Waals surface area contributed by atoms with Crippen molar-refractivity contribution in [3.05, 3.63) is 22.7 Å². The zero-order valence-corrected chi connectivity index (χ0v) is 9.60. The number of aromatic nitrogens is 2. The van der Waals surface area contributed by atoms with Crippen LogP contribution in [0, 0.1) is 0 Å². The van der Waals surface area contributed by atoms with Crippen LogP contribution >= 0.6 is 0 Å². The van der Waals surface area contributed by atoms with Crippen molar-refractivity contribution in [2.75, 3.05) is 11.9 Å². The first-order chi connectivity index (χ1) is 7.47. The van der Waals surface area contributed by atoms with Crippen LogP contribution in [0.4, 0.5) is 5.82 Å². The lowest BCUT2D eigenvalue weighted by Gasteiger charge is -2.17. The van der Waals surface area contributed by atoms with Crippen LogP contribution in [-0.4, -0.2) is 26.8 Å². The minimum atomic E-state index is -0.853. The molecule has 1 heterocycles. The van der Waals surface area contributed by atoms with E-state index >= 15 is 0 Å². The lowest BCUT2D eigenvalue weighted by Crippen LogP contribution is -2.33. The molecule has 0 bridgehead atoms. The average molecular weight is 223 g/mol. The quantitative estimate of drug-likeness (QED) is 0.791. The number of rotatable bonds is 4. The highest BCUT2D eigenvalue weighted by Gasteiger charge is 2.25. The highest BCUT2D eigenvalue weighted by molar-refractivity contribution is 5.31. The van der Waals surface area contributed by atoms with E-state index in [9.17, 15) is 9.90 Å². The van der Waals surface area contributed by atoms with Gasteiger partial charge >= 0.3 is 0 Å². The fourth-order valence-electron chi connectivity index (χ4n) is 1.49. The zero-order valence-electron chi connectivity index (χ0n) is 9.60. The Morgan fingerprint density at radius 1 is 1.62 bits per heavy atom. The molecule has 5 heteroatoms. The molecular weight excluding hydrogens is 206 g/mol. The average Bonchev–Trinajstić information content (AvgIpc) is 2.98. The van der Waals surface area contributed by atoms with Gasteiger partial charge in [-0.05, 0) is 26.7 Å². The molecule has 1 aliphatic rings. The molecule has 0 atom stereocenters. The van der Waals surface area contributed by atoms with Crippen molar-refractivity contribution in [1.29, 1.82) is 0 Å². The van der Waals surface area contributed by atoms with E-state index in [2.05, 4.69) is 10.3 Å². The monoisotopic (exact) mass is 223 g/mol. The summed E-state index contributed by atoms with van der Waals surface area (Å²) in [5.41, 5.74) is -0.955. The van der Waals surface area contributed by atoms with E-state index in [0.29, 0.717) is 18.4 Å². The van der Waals surface area contributed by atoms with Crippen molar-refractivity contribution in [3.8, 4) is 0 Å². The Morgan fingerprint density at radius 3 is 2.88 bits per heavy atom. The van der Waals surface area contributed by atoms with Crippen LogP contribution in [0.1, 0.15) is 32.7 Å². The van der Waals surface area contributed by atoms with Gasteiger partial charge in [0.15, 0.2) is 5.82 Å². The van der Waals surface area contributed by atoms with Gasteiger partial charge < -0.3 is 15.0 Å². The number of nitrogens with one attached hydrogen (secondary N) is 1. The first-order valence-electron chi connectivity index (χ1n) is 5.51. The molecule has 0 aliphatic heterocycles. The molecule has 5 nitrogen and oxygen atoms in total. The maximum Gasteiger partial charge on any atom is 0.293 e. The number of hydrogen-bond donors (Lipinski definition) is 2. The standard InChI is InChI=1S/C11H17N3O2/c1-11(2,16)7-13-9-10(15)14(6-5-12-9)8-3-4-8/h5-6,8,16H,3-4,7H2,1-2H3,(H,12,13). The highest BCUT2D eigenvalue weighted by atomic mass is 16.3. The van der Waals surface area contributed by atoms with Gasteiger partial charge in [-0.3, -0.25) is 4.79 Å². The Labute approximate surface area is 94.1 Å². The molecule has 1 aromatic heterocycles. The summed E-state index contributed by atoms with van der Waals surface area (Å²) in [6, 6.07) is 0.346. The molecule has 0 radical (unpaired) electrons. The topological polar surface area (TPSA) is 67.2 Å². The second-order valence-corrected chi connectivity index (χ2v) is 4.89. The first-order valence-corrected chi connectivity index (χ1v) is 5.51. The molecule has 0 spiro atoms. The number of nitrogens with zero attached hydrogens (tertiary/aromatic N) is 2. The smallest absolute Gasteiger partial charge is 0.293 e. The van der Waals surface area contributed by atoms with Gasteiger partial charge in [-0.2, -0.15) is 0 Å². The van der Waals surface area contributed by atoms with Gasteiger partial charge in [0.25, 0.3) is 5.56 Å². The van der Waals surface area contributed by atoms with Crippen LogP contribution < -0.4 is 10.9 Å². The number of hydrogen-bond acceptors (Lipinski definition) is 4. The summed E-state index contributed by atoms with van der Waals surface area (Å²) in [5, 5.41) is 12.4. The molecule has 16 heavy (non-hydrogen) atoms. The van der Waals surface area contributed by atoms with Crippen LogP contribution in [0.15, 0.2) is 17.2 Å². The van der Waals surface area contributed by atoms with E-state index in [1.54, 1.807) is 30.8 Å². The van der Waals surface area contributed by atoms with Crippen LogP contribution in [0.25, 0.3) is 0 Å². The molecule has 0 unspecified atom stereocenters. The lowest BCUT2D eigenvalue weighted by molar-refractivity contribution is 0.0944. The van der Waals surface area contributed by atoms with Crippen LogP contribution in [-0.2, 0) is 0 Å². The lowest BCUT2D eigenvalue weighted by atomic mass is 10.1. The summed E-state index contributed by atoms with van der Waals surface area (Å²) in [7, 11) is 0. The van der Waals surface area contributed by atoms with Crippen molar-refractivity contribution in [3.63, 3.8) is 0 Å². The molecule has 0 saturated heterocycles. The third-order valence-corrected chi connectivity index (χ3v) is 2.50. The normalized spacial score (nSPS) is 16.2. The van der Waals surface area contributed by atoms with E-state index in [-0.39, 0.29) is 5.56 Å². The number of aliphatic hydroxyl groups is 1. The van der Waals surface area contributed by atoms with Crippen LogP contribution in [0.3, 0.4) is 0 Å². The van der Waals surface area contributed by atoms with E-state index in [1.165, 1.54) is 0 Å². The van der Waals surface area contributed by atoms with E-state index in [0.717, 1.165) is 12.8 Å². The first kappa shape index (κ1) is 11.1. The number of anilines is 1. The molecule has 0 aromatic carbocycles. The Balaban J connectivity index is 2.15. The predicted molar refractivity (Wildman–Crippen MR) is 61.6 cm³/mol. The largest absolute Gasteiger partial charge is 0.389 e. The molecule has 1 aromatic rings. The minimum absolute atomic E-state index is 0.103. The van der Waals surface area contributed by atoms with Crippen molar-refractivity contribution in [1.82, 2.24) is 9.55 Å². The molecular formula is C11H17N3O2. The predicted octanol–water partition coefficient (Wildman–Crippen LogP) is 0.761. The zero-order chi connectivity index (χ0) is 11.8. The maximum absolute atomic E-state index is 11.9. The summed E-state index contributed by atoms with van der Waals surface area (Å²) in [6.45, 7) is 3.68. The molecule has 2 rings (SSSR count). The third-order valence-electron chi connectivity index (χ3n) is 2.50. The Bertz CT molecular complexity index is 430. The third kappa shape index (κ3) is 2.61. The Morgan fingerprint density at radius 2 is 2.31 bits per heavy atom. The van der Waals surface area contributed by atoms with Crippen LogP contribution in [0.2, 0.25) is 0 Å². The van der Waals surface area contributed by atoms with Crippen molar-refractivity contribution >= 4 is 5.82 Å². The Hall–Kier alpha value is -1.36. The second kappa shape index (κ2) is 3.90. The van der Waals surface area contributed by atoms with E-state index < -0.39 is 5.60 Å². The summed E-state index contributed by atoms with van der Waals surface area (Å²) < 4.78 is 1.71. The fraction of sp³-hybridized carbons (Fsp3) is 0.636. The molecule has 1 fully saturated rings. The van der Waals surface area contributed by atoms with Crippen molar-refractivity contribution in [2.45, 2.75) is 38.3 Å². The molecule has 88 valence electrons. The van der Waals surface area contributed by atoms with E-state index in [4.69, 9.17) is 0 Å². The SMILES string of the molecule is CC(C)(O)CNc1nccn(C2CC2)c1=O. The molecule has 1 aliphatic carbocycles. The Kier molecular flexibility index (Phi) is 2.71. The van der Waals surface area contributed by atoms with Gasteiger partial charge in [-0.15, -0.1) is 0 Å². The van der Waals surface area contributed by atoms with E-state index in [1.807, 2.05) is 0 Å². The minimum Gasteiger partial charge on any atom is -0.389 e. The van der Waals surface area contributed by atoms with Gasteiger partial charge in [0.2, 0.25) is 0 Å². The van der Waals surface area contributed by atoms with Crippen LogP contribution in [0.5, 0.6) is 0 Å². The maximum atomic E-state index is 11.9. The molecule has 2 N–H and O–H groups in total. The van der Waals surface area contributed by atoms with Gasteiger partial charge in [-0.1, -0.05) is 0 Å². The molecule has 1 saturated carbocycles. The summed E-state index contributed by atoms with van der Waals surface area (Å²) in [5.74, 6) is 0.316. The van der Waals surface area contributed by atoms with Gasteiger partial charge in [-0.25, -0.2) is 4.98 Å². The van der Waals surface area contributed by atoms with Gasteiger partial charge in [0, 0.05) is 25.0 Å². The summed E-state index contributed by atoms with van der Waals surface area (Å²) in [6.07, 6.45) is 5.46.